The zero-order chi connectivity index (χ0) is 12.6. The summed E-state index contributed by atoms with van der Waals surface area (Å²) in [6, 6.07) is 5.47. The highest BCUT2D eigenvalue weighted by Gasteiger charge is 2.30. The Morgan fingerprint density at radius 1 is 1.47 bits per heavy atom. The molecule has 0 saturated heterocycles. The van der Waals surface area contributed by atoms with Crippen LogP contribution >= 0.6 is 0 Å². The highest BCUT2D eigenvalue weighted by Crippen LogP contribution is 2.40. The van der Waals surface area contributed by atoms with Crippen LogP contribution in [0.4, 0.5) is 10.5 Å². The topological polar surface area (TPSA) is 49.8 Å². The van der Waals surface area contributed by atoms with E-state index in [-0.39, 0.29) is 5.41 Å². The summed E-state index contributed by atoms with van der Waals surface area (Å²) in [5.41, 5.74) is 2.42. The number of hydrogen-bond donors (Lipinski definition) is 1. The largest absolute Gasteiger partial charge is 0.511 e. The Bertz CT molecular complexity index is 454. The van der Waals surface area contributed by atoms with Crippen LogP contribution in [-0.4, -0.2) is 24.9 Å². The van der Waals surface area contributed by atoms with Crippen LogP contribution in [-0.2, 0) is 5.41 Å². The van der Waals surface area contributed by atoms with Crippen molar-refractivity contribution in [3.63, 3.8) is 0 Å². The van der Waals surface area contributed by atoms with Gasteiger partial charge in [0.1, 0.15) is 5.75 Å². The van der Waals surface area contributed by atoms with Crippen LogP contribution in [0.3, 0.4) is 0 Å². The normalized spacial score (nSPS) is 17.5. The molecule has 17 heavy (non-hydrogen) atoms. The first-order valence-electron chi connectivity index (χ1n) is 5.66. The van der Waals surface area contributed by atoms with E-state index >= 15 is 0 Å². The van der Waals surface area contributed by atoms with E-state index in [0.29, 0.717) is 5.75 Å². The fourth-order valence-electron chi connectivity index (χ4n) is 2.27. The molecule has 0 radical (unpaired) electrons. The predicted molar refractivity (Wildman–Crippen MR) is 66.0 cm³/mol. The lowest BCUT2D eigenvalue weighted by Crippen LogP contribution is -2.34. The lowest BCUT2D eigenvalue weighted by atomic mass is 9.78. The zero-order valence-corrected chi connectivity index (χ0v) is 10.4. The molecule has 0 bridgehead atoms. The Labute approximate surface area is 101 Å². The maximum atomic E-state index is 10.5. The summed E-state index contributed by atoms with van der Waals surface area (Å²) in [4.78, 5) is 12.6. The van der Waals surface area contributed by atoms with E-state index in [1.165, 1.54) is 5.56 Å². The predicted octanol–water partition coefficient (Wildman–Crippen LogP) is 2.86. The number of carbonyl (C=O) groups is 1. The Kier molecular flexibility index (Phi) is 2.73. The Balaban J connectivity index is 2.43. The molecule has 4 nitrogen and oxygen atoms in total. The van der Waals surface area contributed by atoms with Crippen molar-refractivity contribution >= 4 is 11.8 Å². The molecule has 1 aliphatic heterocycles. The van der Waals surface area contributed by atoms with Crippen molar-refractivity contribution < 1.29 is 14.6 Å². The Morgan fingerprint density at radius 3 is 2.82 bits per heavy atom. The third-order valence-corrected chi connectivity index (χ3v) is 3.39. The van der Waals surface area contributed by atoms with Gasteiger partial charge in [-0.25, -0.2) is 4.79 Å². The quantitative estimate of drug-likeness (QED) is 0.600. The lowest BCUT2D eigenvalue weighted by Gasteiger charge is -2.38. The number of benzene rings is 1. The molecule has 0 fully saturated rings. The van der Waals surface area contributed by atoms with Crippen molar-refractivity contribution in [2.24, 2.45) is 0 Å². The second kappa shape index (κ2) is 3.95. The SMILES string of the molecule is CN1CCC(C)(C)c2ccc(OC(=O)O)cc21. The van der Waals surface area contributed by atoms with Crippen LogP contribution in [0.15, 0.2) is 18.2 Å². The van der Waals surface area contributed by atoms with Crippen molar-refractivity contribution in [2.75, 3.05) is 18.5 Å². The van der Waals surface area contributed by atoms with Gasteiger partial charge < -0.3 is 14.7 Å². The molecule has 1 aromatic rings. The van der Waals surface area contributed by atoms with Gasteiger partial charge in [0.2, 0.25) is 0 Å². The molecule has 92 valence electrons. The van der Waals surface area contributed by atoms with Crippen LogP contribution < -0.4 is 9.64 Å². The maximum Gasteiger partial charge on any atom is 0.511 e. The molecule has 1 aromatic carbocycles. The van der Waals surface area contributed by atoms with Gasteiger partial charge in [-0.3, -0.25) is 0 Å². The molecule has 1 N–H and O–H groups in total. The van der Waals surface area contributed by atoms with Crippen LogP contribution in [0, 0.1) is 0 Å². The summed E-state index contributed by atoms with van der Waals surface area (Å²) >= 11 is 0. The van der Waals surface area contributed by atoms with Crippen molar-refractivity contribution in [3.8, 4) is 5.75 Å². The van der Waals surface area contributed by atoms with E-state index < -0.39 is 6.16 Å². The molecule has 0 spiro atoms. The fraction of sp³-hybridized carbons (Fsp3) is 0.462. The van der Waals surface area contributed by atoms with Crippen LogP contribution in [0.1, 0.15) is 25.8 Å². The summed E-state index contributed by atoms with van der Waals surface area (Å²) in [7, 11) is 2.01. The van der Waals surface area contributed by atoms with E-state index in [1.807, 2.05) is 13.1 Å². The molecular weight excluding hydrogens is 218 g/mol. The molecule has 0 aromatic heterocycles. The first-order valence-corrected chi connectivity index (χ1v) is 5.66. The Morgan fingerprint density at radius 2 is 2.18 bits per heavy atom. The number of rotatable bonds is 1. The Hall–Kier alpha value is -1.71. The minimum Gasteiger partial charge on any atom is -0.449 e. The van der Waals surface area contributed by atoms with Crippen LogP contribution in [0.2, 0.25) is 0 Å². The first kappa shape index (κ1) is 11.8. The van der Waals surface area contributed by atoms with Gasteiger partial charge in [-0.05, 0) is 23.5 Å². The zero-order valence-electron chi connectivity index (χ0n) is 10.4. The minimum atomic E-state index is -1.28. The number of ether oxygens (including phenoxy) is 1. The summed E-state index contributed by atoms with van der Waals surface area (Å²) in [5, 5.41) is 8.60. The van der Waals surface area contributed by atoms with E-state index in [9.17, 15) is 4.79 Å². The maximum absolute atomic E-state index is 10.5. The molecule has 0 unspecified atom stereocenters. The number of anilines is 1. The second-order valence-corrected chi connectivity index (χ2v) is 5.10. The standard InChI is InChI=1S/C13H17NO3/c1-13(2)6-7-14(3)11-8-9(17-12(15)16)4-5-10(11)13/h4-5,8H,6-7H2,1-3H3,(H,15,16). The summed E-state index contributed by atoms with van der Waals surface area (Å²) in [6.45, 7) is 5.38. The molecule has 0 amide bonds. The summed E-state index contributed by atoms with van der Waals surface area (Å²) in [6.07, 6.45) is -0.182. The summed E-state index contributed by atoms with van der Waals surface area (Å²) in [5.74, 6) is 0.376. The molecule has 0 aliphatic carbocycles. The van der Waals surface area contributed by atoms with E-state index in [0.717, 1.165) is 18.7 Å². The third kappa shape index (κ3) is 2.20. The van der Waals surface area contributed by atoms with Gasteiger partial charge in [0, 0.05) is 25.3 Å². The van der Waals surface area contributed by atoms with Gasteiger partial charge in [-0.15, -0.1) is 0 Å². The molecule has 2 rings (SSSR count). The van der Waals surface area contributed by atoms with Crippen molar-refractivity contribution in [2.45, 2.75) is 25.7 Å². The van der Waals surface area contributed by atoms with Crippen molar-refractivity contribution in [1.29, 1.82) is 0 Å². The third-order valence-electron chi connectivity index (χ3n) is 3.39. The molecule has 0 saturated carbocycles. The molecular formula is C13H17NO3. The van der Waals surface area contributed by atoms with Gasteiger partial charge in [0.05, 0.1) is 0 Å². The molecule has 1 heterocycles. The first-order chi connectivity index (χ1) is 7.90. The minimum absolute atomic E-state index is 0.129. The van der Waals surface area contributed by atoms with Crippen molar-refractivity contribution in [1.82, 2.24) is 0 Å². The smallest absolute Gasteiger partial charge is 0.449 e. The fourth-order valence-corrected chi connectivity index (χ4v) is 2.27. The van der Waals surface area contributed by atoms with Gasteiger partial charge in [-0.2, -0.15) is 0 Å². The number of carboxylic acid groups (broad SMARTS) is 1. The molecule has 0 atom stereocenters. The average Bonchev–Trinajstić information content (AvgIpc) is 2.23. The summed E-state index contributed by atoms with van der Waals surface area (Å²) < 4.78 is 4.69. The highest BCUT2D eigenvalue weighted by atomic mass is 16.7. The van der Waals surface area contributed by atoms with E-state index in [2.05, 4.69) is 23.5 Å². The van der Waals surface area contributed by atoms with Gasteiger partial charge in [-0.1, -0.05) is 19.9 Å². The molecule has 4 heteroatoms. The van der Waals surface area contributed by atoms with Gasteiger partial charge in [0.25, 0.3) is 0 Å². The average molecular weight is 235 g/mol. The number of fused-ring (bicyclic) bond motifs is 1. The highest BCUT2D eigenvalue weighted by molar-refractivity contribution is 5.66. The molecule has 1 aliphatic rings. The van der Waals surface area contributed by atoms with E-state index in [1.54, 1.807) is 12.1 Å². The van der Waals surface area contributed by atoms with Gasteiger partial charge >= 0.3 is 6.16 Å². The number of hydrogen-bond acceptors (Lipinski definition) is 3. The monoisotopic (exact) mass is 235 g/mol. The van der Waals surface area contributed by atoms with Crippen LogP contribution in [0.25, 0.3) is 0 Å². The van der Waals surface area contributed by atoms with Crippen molar-refractivity contribution in [3.05, 3.63) is 23.8 Å². The second-order valence-electron chi connectivity index (χ2n) is 5.10. The van der Waals surface area contributed by atoms with Gasteiger partial charge in [0.15, 0.2) is 0 Å². The van der Waals surface area contributed by atoms with E-state index in [4.69, 9.17) is 5.11 Å². The lowest BCUT2D eigenvalue weighted by molar-refractivity contribution is 0.144. The van der Waals surface area contributed by atoms with Crippen LogP contribution in [0.5, 0.6) is 5.75 Å². The number of nitrogens with zero attached hydrogens (tertiary/aromatic N) is 1.